The maximum absolute atomic E-state index is 15.7. The lowest BCUT2D eigenvalue weighted by atomic mass is 10.1. The minimum Gasteiger partial charge on any atom is -0.497 e. The molecule has 7 rings (SSSR count). The van der Waals surface area contributed by atoms with E-state index in [4.69, 9.17) is 26.1 Å². The van der Waals surface area contributed by atoms with E-state index in [0.717, 1.165) is 45.9 Å². The standard InChI is InChI=1S/C34H30BrClFN7O2/c1-45-24-10-6-21(7-11-24)18-43(19-22-8-12-25(46-2)13-9-22)32-23(5-3-14-38-32)20-42-15-4-16-44-31-26(17-39-44)28(35)29(37)30-27(31)33(42)41-34(36)40-30/h3,5-14,17H,4,15-16,18-20H2,1-2H3. The molecule has 3 aromatic heterocycles. The molecule has 6 aromatic rings. The molecule has 3 aromatic carbocycles. The number of pyridine rings is 1. The van der Waals surface area contributed by atoms with E-state index >= 15 is 4.39 Å². The predicted octanol–water partition coefficient (Wildman–Crippen LogP) is 7.56. The van der Waals surface area contributed by atoms with Crippen molar-refractivity contribution in [3.8, 4) is 11.5 Å². The summed E-state index contributed by atoms with van der Waals surface area (Å²) in [6.07, 6.45) is 4.30. The van der Waals surface area contributed by atoms with E-state index in [1.54, 1.807) is 20.4 Å². The first kappa shape index (κ1) is 30.2. The summed E-state index contributed by atoms with van der Waals surface area (Å²) in [4.78, 5) is 18.3. The van der Waals surface area contributed by atoms with E-state index in [0.29, 0.717) is 53.8 Å². The number of aryl methyl sites for hydroxylation is 1. The van der Waals surface area contributed by atoms with E-state index < -0.39 is 5.82 Å². The minimum atomic E-state index is -0.486. The van der Waals surface area contributed by atoms with Gasteiger partial charge in [0.25, 0.3) is 0 Å². The number of hydrogen-bond donors (Lipinski definition) is 0. The highest BCUT2D eigenvalue weighted by Crippen LogP contribution is 2.40. The van der Waals surface area contributed by atoms with Gasteiger partial charge in [0.15, 0.2) is 5.82 Å². The van der Waals surface area contributed by atoms with Crippen molar-refractivity contribution >= 4 is 61.0 Å². The summed E-state index contributed by atoms with van der Waals surface area (Å²) in [6.45, 7) is 3.01. The number of hydrogen-bond acceptors (Lipinski definition) is 8. The van der Waals surface area contributed by atoms with Gasteiger partial charge in [0.2, 0.25) is 5.28 Å². The molecule has 0 fully saturated rings. The third-order valence-electron chi connectivity index (χ3n) is 8.27. The summed E-state index contributed by atoms with van der Waals surface area (Å²) < 4.78 is 28.7. The SMILES string of the molecule is COc1ccc(CN(Cc2ccc(OC)cc2)c2ncccc2CN2CCCn3ncc4c(Br)c(F)c5nc(Cl)nc2c5c43)cc1. The quantitative estimate of drug-likeness (QED) is 0.143. The number of benzene rings is 3. The largest absolute Gasteiger partial charge is 0.497 e. The van der Waals surface area contributed by atoms with E-state index in [2.05, 4.69) is 71.1 Å². The predicted molar refractivity (Wildman–Crippen MR) is 181 cm³/mol. The first-order valence-electron chi connectivity index (χ1n) is 14.8. The highest BCUT2D eigenvalue weighted by Gasteiger charge is 2.27. The Kier molecular flexibility index (Phi) is 8.35. The number of ether oxygens (including phenoxy) is 2. The van der Waals surface area contributed by atoms with Crippen LogP contribution in [0.4, 0.5) is 16.0 Å². The van der Waals surface area contributed by atoms with E-state index in [-0.39, 0.29) is 10.8 Å². The molecule has 0 N–H and O–H groups in total. The van der Waals surface area contributed by atoms with Crippen molar-refractivity contribution in [3.05, 3.63) is 105 Å². The maximum Gasteiger partial charge on any atom is 0.225 e. The smallest absolute Gasteiger partial charge is 0.225 e. The van der Waals surface area contributed by atoms with Crippen molar-refractivity contribution in [1.29, 1.82) is 0 Å². The lowest BCUT2D eigenvalue weighted by molar-refractivity contribution is 0.414. The van der Waals surface area contributed by atoms with Gasteiger partial charge in [0.1, 0.15) is 28.7 Å². The average molecular weight is 703 g/mol. The van der Waals surface area contributed by atoms with Crippen molar-refractivity contribution in [2.45, 2.75) is 32.6 Å². The number of nitrogens with zero attached hydrogens (tertiary/aromatic N) is 7. The van der Waals surface area contributed by atoms with Crippen LogP contribution in [0.1, 0.15) is 23.1 Å². The minimum absolute atomic E-state index is 0.0173. The Labute approximate surface area is 278 Å². The second-order valence-electron chi connectivity index (χ2n) is 11.1. The van der Waals surface area contributed by atoms with Crippen LogP contribution in [0.25, 0.3) is 21.8 Å². The summed E-state index contributed by atoms with van der Waals surface area (Å²) >= 11 is 9.87. The van der Waals surface area contributed by atoms with Crippen molar-refractivity contribution in [2.24, 2.45) is 0 Å². The second-order valence-corrected chi connectivity index (χ2v) is 12.2. The highest BCUT2D eigenvalue weighted by molar-refractivity contribution is 9.10. The molecule has 0 amide bonds. The summed E-state index contributed by atoms with van der Waals surface area (Å²) in [5, 5.41) is 5.81. The lowest BCUT2D eigenvalue weighted by Gasteiger charge is -2.31. The molecule has 0 saturated carbocycles. The van der Waals surface area contributed by atoms with Crippen molar-refractivity contribution in [2.75, 3.05) is 30.6 Å². The zero-order valence-electron chi connectivity index (χ0n) is 25.3. The highest BCUT2D eigenvalue weighted by atomic mass is 79.9. The number of rotatable bonds is 9. The van der Waals surface area contributed by atoms with Gasteiger partial charge in [-0.05, 0) is 75.4 Å². The Hall–Kier alpha value is -4.48. The zero-order valence-corrected chi connectivity index (χ0v) is 27.6. The van der Waals surface area contributed by atoms with Gasteiger partial charge in [-0.25, -0.2) is 14.4 Å². The van der Waals surface area contributed by atoms with Crippen LogP contribution in [-0.4, -0.2) is 45.5 Å². The molecule has 234 valence electrons. The monoisotopic (exact) mass is 701 g/mol. The molecule has 0 unspecified atom stereocenters. The summed E-state index contributed by atoms with van der Waals surface area (Å²) in [6, 6.07) is 20.2. The maximum atomic E-state index is 15.7. The van der Waals surface area contributed by atoms with Gasteiger partial charge in [-0.3, -0.25) is 4.68 Å². The molecule has 0 aliphatic carbocycles. The van der Waals surface area contributed by atoms with Crippen LogP contribution in [0.5, 0.6) is 11.5 Å². The van der Waals surface area contributed by atoms with Crippen LogP contribution >= 0.6 is 27.5 Å². The topological polar surface area (TPSA) is 81.4 Å². The van der Waals surface area contributed by atoms with Crippen LogP contribution in [0.15, 0.2) is 77.5 Å². The summed E-state index contributed by atoms with van der Waals surface area (Å²) in [5.74, 6) is 2.52. The summed E-state index contributed by atoms with van der Waals surface area (Å²) in [5.41, 5.74) is 4.17. The van der Waals surface area contributed by atoms with Crippen LogP contribution < -0.4 is 19.3 Å². The fourth-order valence-electron chi connectivity index (χ4n) is 6.05. The van der Waals surface area contributed by atoms with E-state index in [9.17, 15) is 0 Å². The fraction of sp³-hybridized carbons (Fsp3) is 0.235. The second kappa shape index (κ2) is 12.7. The molecule has 0 saturated heterocycles. The molecule has 9 nitrogen and oxygen atoms in total. The Morgan fingerprint density at radius 1 is 0.935 bits per heavy atom. The van der Waals surface area contributed by atoms with Crippen molar-refractivity contribution in [1.82, 2.24) is 24.7 Å². The van der Waals surface area contributed by atoms with Crippen molar-refractivity contribution < 1.29 is 13.9 Å². The molecule has 0 spiro atoms. The molecule has 1 aliphatic rings. The molecule has 0 bridgehead atoms. The van der Waals surface area contributed by atoms with Gasteiger partial charge < -0.3 is 19.3 Å². The van der Waals surface area contributed by atoms with E-state index in [1.165, 1.54) is 0 Å². The van der Waals surface area contributed by atoms with E-state index in [1.807, 2.05) is 41.2 Å². The normalized spacial score (nSPS) is 12.8. The first-order chi connectivity index (χ1) is 22.4. The third-order valence-corrected chi connectivity index (χ3v) is 9.21. The van der Waals surface area contributed by atoms with Gasteiger partial charge >= 0.3 is 0 Å². The van der Waals surface area contributed by atoms with Gasteiger partial charge in [-0.15, -0.1) is 0 Å². The molecule has 4 heterocycles. The van der Waals surface area contributed by atoms with Gasteiger partial charge in [0.05, 0.1) is 35.8 Å². The molecule has 46 heavy (non-hydrogen) atoms. The number of halogens is 3. The Balaban J connectivity index is 1.31. The van der Waals surface area contributed by atoms with Crippen molar-refractivity contribution in [3.63, 3.8) is 0 Å². The number of anilines is 2. The van der Waals surface area contributed by atoms with Crippen LogP contribution in [0.3, 0.4) is 0 Å². The zero-order chi connectivity index (χ0) is 31.8. The molecule has 0 atom stereocenters. The Bertz CT molecular complexity index is 1990. The Morgan fingerprint density at radius 2 is 1.61 bits per heavy atom. The molecule has 1 aliphatic heterocycles. The lowest BCUT2D eigenvalue weighted by Crippen LogP contribution is -2.30. The molecule has 12 heteroatoms. The van der Waals surface area contributed by atoms with Gasteiger partial charge in [-0.2, -0.15) is 10.1 Å². The van der Waals surface area contributed by atoms with Gasteiger partial charge in [0, 0.05) is 49.9 Å². The van der Waals surface area contributed by atoms with Crippen LogP contribution in [0, 0.1) is 5.82 Å². The third kappa shape index (κ3) is 5.69. The fourth-order valence-corrected chi connectivity index (χ4v) is 6.70. The Morgan fingerprint density at radius 3 is 2.26 bits per heavy atom. The summed E-state index contributed by atoms with van der Waals surface area (Å²) in [7, 11) is 3.33. The van der Waals surface area contributed by atoms with Crippen LogP contribution in [-0.2, 0) is 26.2 Å². The van der Waals surface area contributed by atoms with Crippen LogP contribution in [0.2, 0.25) is 5.28 Å². The molecular weight excluding hydrogens is 673 g/mol. The first-order valence-corrected chi connectivity index (χ1v) is 16.0. The van der Waals surface area contributed by atoms with Gasteiger partial charge in [-0.1, -0.05) is 30.3 Å². The number of aromatic nitrogens is 5. The number of methoxy groups -OCH3 is 2. The molecular formula is C34H30BrClFN7O2. The molecule has 0 radical (unpaired) electrons. The average Bonchev–Trinajstić information content (AvgIpc) is 3.49.